The summed E-state index contributed by atoms with van der Waals surface area (Å²) in [7, 11) is 0. The number of nitrogens with zero attached hydrogens (tertiary/aromatic N) is 4. The fraction of sp³-hybridized carbons (Fsp3) is 0.500. The first kappa shape index (κ1) is 16.6. The average molecular weight is 373 g/mol. The first-order chi connectivity index (χ1) is 13.7. The molecule has 2 saturated carbocycles. The van der Waals surface area contributed by atoms with Crippen molar-refractivity contribution in [3.63, 3.8) is 0 Å². The molecule has 4 heteroatoms. The number of hydrogen-bond acceptors (Lipinski definition) is 2. The molecule has 0 amide bonds. The molecular weight excluding hydrogens is 344 g/mol. The Morgan fingerprint density at radius 2 is 1.89 bits per heavy atom. The second-order valence-corrected chi connectivity index (χ2v) is 9.42. The molecule has 2 aromatic heterocycles. The van der Waals surface area contributed by atoms with Crippen molar-refractivity contribution in [3.8, 4) is 5.69 Å². The van der Waals surface area contributed by atoms with E-state index in [1.165, 1.54) is 44.2 Å². The molecule has 0 spiro atoms. The third-order valence-corrected chi connectivity index (χ3v) is 8.35. The van der Waals surface area contributed by atoms with E-state index >= 15 is 0 Å². The largest absolute Gasteiger partial charge is 0.334 e. The lowest BCUT2D eigenvalue weighted by Crippen LogP contribution is -2.42. The van der Waals surface area contributed by atoms with E-state index in [1.54, 1.807) is 11.1 Å². The Kier molecular flexibility index (Phi) is 3.59. The minimum Gasteiger partial charge on any atom is -0.334 e. The highest BCUT2D eigenvalue weighted by atomic mass is 15.1. The number of aromatic nitrogens is 4. The van der Waals surface area contributed by atoms with Gasteiger partial charge >= 0.3 is 0 Å². The van der Waals surface area contributed by atoms with E-state index < -0.39 is 0 Å². The molecule has 144 valence electrons. The second kappa shape index (κ2) is 6.07. The van der Waals surface area contributed by atoms with Crippen molar-refractivity contribution in [2.24, 2.45) is 17.3 Å². The highest BCUT2D eigenvalue weighted by Gasteiger charge is 2.55. The zero-order chi connectivity index (χ0) is 18.7. The van der Waals surface area contributed by atoms with E-state index in [1.807, 2.05) is 31.2 Å². The van der Waals surface area contributed by atoms with Crippen LogP contribution in [0, 0.1) is 17.3 Å². The van der Waals surface area contributed by atoms with Crippen molar-refractivity contribution < 1.29 is 0 Å². The highest BCUT2D eigenvalue weighted by Crippen LogP contribution is 2.64. The van der Waals surface area contributed by atoms with E-state index in [0.29, 0.717) is 11.5 Å². The van der Waals surface area contributed by atoms with E-state index in [-0.39, 0.29) is 0 Å². The van der Waals surface area contributed by atoms with Crippen LogP contribution in [0.2, 0.25) is 0 Å². The molecular formula is C24H28N4. The van der Waals surface area contributed by atoms with Gasteiger partial charge in [-0.2, -0.15) is 0 Å². The van der Waals surface area contributed by atoms with Gasteiger partial charge in [0.15, 0.2) is 0 Å². The summed E-state index contributed by atoms with van der Waals surface area (Å²) < 4.78 is 4.52. The van der Waals surface area contributed by atoms with Gasteiger partial charge in [0.05, 0.1) is 12.7 Å². The number of imidazole rings is 2. The van der Waals surface area contributed by atoms with Crippen LogP contribution in [0.1, 0.15) is 62.1 Å². The Labute approximate surface area is 166 Å². The summed E-state index contributed by atoms with van der Waals surface area (Å²) in [5.74, 6) is 2.44. The molecule has 2 fully saturated rings. The maximum Gasteiger partial charge on any atom is 0.0991 e. The zero-order valence-corrected chi connectivity index (χ0v) is 16.5. The Balaban J connectivity index is 1.32. The Hall–Kier alpha value is -2.36. The van der Waals surface area contributed by atoms with Gasteiger partial charge in [-0.15, -0.1) is 0 Å². The van der Waals surface area contributed by atoms with Gasteiger partial charge in [0.1, 0.15) is 0 Å². The first-order valence-electron chi connectivity index (χ1n) is 10.8. The quantitative estimate of drug-likeness (QED) is 0.622. The van der Waals surface area contributed by atoms with E-state index in [2.05, 4.69) is 50.4 Å². The number of benzene rings is 1. The minimum absolute atomic E-state index is 0.427. The van der Waals surface area contributed by atoms with Crippen molar-refractivity contribution in [2.45, 2.75) is 57.4 Å². The van der Waals surface area contributed by atoms with Crippen molar-refractivity contribution in [3.05, 3.63) is 66.8 Å². The second-order valence-electron chi connectivity index (χ2n) is 9.42. The molecule has 3 aliphatic carbocycles. The summed E-state index contributed by atoms with van der Waals surface area (Å²) in [5.41, 5.74) is 4.88. The molecule has 3 aliphatic rings. The predicted octanol–water partition coefficient (Wildman–Crippen LogP) is 5.17. The molecule has 0 saturated heterocycles. The molecule has 5 atom stereocenters. The van der Waals surface area contributed by atoms with Crippen LogP contribution < -0.4 is 0 Å². The summed E-state index contributed by atoms with van der Waals surface area (Å²) in [4.78, 5) is 8.54. The maximum atomic E-state index is 4.33. The van der Waals surface area contributed by atoms with Gasteiger partial charge in [-0.05, 0) is 85.0 Å². The smallest absolute Gasteiger partial charge is 0.0991 e. The fourth-order valence-corrected chi connectivity index (χ4v) is 7.06. The summed E-state index contributed by atoms with van der Waals surface area (Å²) >= 11 is 0. The van der Waals surface area contributed by atoms with Gasteiger partial charge in [0.2, 0.25) is 0 Å². The Morgan fingerprint density at radius 1 is 1.00 bits per heavy atom. The van der Waals surface area contributed by atoms with Crippen LogP contribution in [0.5, 0.6) is 0 Å². The molecule has 0 radical (unpaired) electrons. The van der Waals surface area contributed by atoms with Crippen molar-refractivity contribution in [1.29, 1.82) is 0 Å². The van der Waals surface area contributed by atoms with Crippen LogP contribution in [0.25, 0.3) is 5.69 Å². The minimum atomic E-state index is 0.427. The maximum absolute atomic E-state index is 4.33. The third kappa shape index (κ3) is 2.30. The van der Waals surface area contributed by atoms with Crippen LogP contribution in [-0.2, 0) is 6.42 Å². The van der Waals surface area contributed by atoms with E-state index in [4.69, 9.17) is 0 Å². The molecule has 0 bridgehead atoms. The number of hydrogen-bond donors (Lipinski definition) is 0. The molecule has 28 heavy (non-hydrogen) atoms. The standard InChI is InChI=1S/C24H28N4/c1-24-9-8-20-19-5-3-18(27-12-10-25-15-27)14-17(19)2-4-21(20)22(24)6-7-23(24)28-13-11-26-16-28/h3,5,10-16,20-23H,2,4,6-9H2,1H3/t20-,21-,22+,23+,24+/m1/s1. The lowest BCUT2D eigenvalue weighted by atomic mass is 9.55. The van der Waals surface area contributed by atoms with Crippen LogP contribution in [-0.4, -0.2) is 19.1 Å². The lowest BCUT2D eigenvalue weighted by molar-refractivity contribution is 0.0322. The van der Waals surface area contributed by atoms with Gasteiger partial charge in [-0.3, -0.25) is 0 Å². The monoisotopic (exact) mass is 372 g/mol. The number of fused-ring (bicyclic) bond motifs is 5. The molecule has 4 nitrogen and oxygen atoms in total. The molecule has 0 unspecified atom stereocenters. The SMILES string of the molecule is C[C@]12CC[C@@H]3c4ccc(-n5ccnc5)cc4CC[C@H]3[C@@H]1CC[C@@H]2n1ccnc1. The number of rotatable bonds is 2. The van der Waals surface area contributed by atoms with E-state index in [0.717, 1.165) is 17.8 Å². The summed E-state index contributed by atoms with van der Waals surface area (Å²) in [5, 5.41) is 0. The third-order valence-electron chi connectivity index (χ3n) is 8.35. The lowest BCUT2D eigenvalue weighted by Gasteiger charge is -2.51. The first-order valence-corrected chi connectivity index (χ1v) is 10.8. The van der Waals surface area contributed by atoms with Crippen molar-refractivity contribution >= 4 is 0 Å². The topological polar surface area (TPSA) is 35.6 Å². The summed E-state index contributed by atoms with van der Waals surface area (Å²) in [6.45, 7) is 2.57. The summed E-state index contributed by atoms with van der Waals surface area (Å²) in [6, 6.07) is 7.75. The summed E-state index contributed by atoms with van der Waals surface area (Å²) in [6.07, 6.45) is 19.9. The van der Waals surface area contributed by atoms with Crippen LogP contribution >= 0.6 is 0 Å². The molecule has 0 N–H and O–H groups in total. The van der Waals surface area contributed by atoms with Gasteiger partial charge in [0.25, 0.3) is 0 Å². The molecule has 3 aromatic rings. The molecule has 0 aliphatic heterocycles. The van der Waals surface area contributed by atoms with Gasteiger partial charge < -0.3 is 9.13 Å². The van der Waals surface area contributed by atoms with Crippen LogP contribution in [0.15, 0.2) is 55.6 Å². The molecule has 2 heterocycles. The Bertz CT molecular complexity index is 974. The zero-order valence-electron chi connectivity index (χ0n) is 16.5. The molecule has 1 aromatic carbocycles. The van der Waals surface area contributed by atoms with Crippen molar-refractivity contribution in [2.75, 3.05) is 0 Å². The average Bonchev–Trinajstić information content (AvgIpc) is 3.47. The van der Waals surface area contributed by atoms with Crippen molar-refractivity contribution in [1.82, 2.24) is 19.1 Å². The molecule has 6 rings (SSSR count). The van der Waals surface area contributed by atoms with Crippen LogP contribution in [0.3, 0.4) is 0 Å². The van der Waals surface area contributed by atoms with Crippen LogP contribution in [0.4, 0.5) is 0 Å². The van der Waals surface area contributed by atoms with Gasteiger partial charge in [-0.1, -0.05) is 13.0 Å². The fourth-order valence-electron chi connectivity index (χ4n) is 7.06. The van der Waals surface area contributed by atoms with E-state index in [9.17, 15) is 0 Å². The normalized spacial score (nSPS) is 33.9. The number of aryl methyl sites for hydroxylation is 1. The van der Waals surface area contributed by atoms with Gasteiger partial charge in [-0.25, -0.2) is 9.97 Å². The van der Waals surface area contributed by atoms with Gasteiger partial charge in [0, 0.05) is 36.5 Å². The Morgan fingerprint density at radius 3 is 2.71 bits per heavy atom. The highest BCUT2D eigenvalue weighted by molar-refractivity contribution is 5.44. The predicted molar refractivity (Wildman–Crippen MR) is 109 cm³/mol.